The molecule has 0 N–H and O–H groups in total. The molecule has 1 aromatic carbocycles. The van der Waals surface area contributed by atoms with Crippen LogP contribution in [0.3, 0.4) is 0 Å². The summed E-state index contributed by atoms with van der Waals surface area (Å²) in [5.74, 6) is -0.432. The van der Waals surface area contributed by atoms with Gasteiger partial charge < -0.3 is 0 Å². The summed E-state index contributed by atoms with van der Waals surface area (Å²) in [5, 5.41) is 0. The van der Waals surface area contributed by atoms with Gasteiger partial charge in [0, 0.05) is 5.92 Å². The van der Waals surface area contributed by atoms with Crippen LogP contribution in [0.5, 0.6) is 0 Å². The van der Waals surface area contributed by atoms with Crippen LogP contribution in [0.2, 0.25) is 0 Å². The average molecular weight is 212 g/mol. The maximum atomic E-state index is 12.4. The third-order valence-electron chi connectivity index (χ3n) is 3.03. The molecule has 0 fully saturated rings. The Balaban J connectivity index is 2.37. The lowest BCUT2D eigenvalue weighted by Gasteiger charge is -2.18. The summed E-state index contributed by atoms with van der Waals surface area (Å²) in [5.41, 5.74) is 1.23. The Labute approximate surface area is 90.3 Å². The van der Waals surface area contributed by atoms with Crippen LogP contribution >= 0.6 is 0 Å². The van der Waals surface area contributed by atoms with E-state index in [4.69, 9.17) is 0 Å². The van der Waals surface area contributed by atoms with Crippen LogP contribution in [0.15, 0.2) is 30.3 Å². The first-order valence-electron chi connectivity index (χ1n) is 5.43. The van der Waals surface area contributed by atoms with Gasteiger partial charge in [0.25, 0.3) is 0 Å². The van der Waals surface area contributed by atoms with Gasteiger partial charge in [-0.15, -0.1) is 0 Å². The number of aryl methyl sites for hydroxylation is 1. The Morgan fingerprint density at radius 2 is 1.67 bits per heavy atom. The summed E-state index contributed by atoms with van der Waals surface area (Å²) in [4.78, 5) is 0. The maximum absolute atomic E-state index is 12.4. The van der Waals surface area contributed by atoms with E-state index in [1.807, 2.05) is 37.3 Å². The van der Waals surface area contributed by atoms with Gasteiger partial charge in [-0.3, -0.25) is 0 Å². The highest BCUT2D eigenvalue weighted by atomic mass is 19.3. The first kappa shape index (κ1) is 12.2. The Morgan fingerprint density at radius 3 is 2.20 bits per heavy atom. The smallest absolute Gasteiger partial charge is 0.210 e. The molecule has 2 heteroatoms. The highest BCUT2D eigenvalue weighted by Crippen LogP contribution is 2.23. The molecule has 0 aliphatic rings. The molecule has 1 aromatic rings. The summed E-state index contributed by atoms with van der Waals surface area (Å²) in [6.07, 6.45) is -0.482. The number of halogens is 2. The monoisotopic (exact) mass is 212 g/mol. The lowest BCUT2D eigenvalue weighted by Crippen LogP contribution is -2.16. The van der Waals surface area contributed by atoms with E-state index in [2.05, 4.69) is 0 Å². The van der Waals surface area contributed by atoms with Crippen LogP contribution in [0.1, 0.15) is 25.8 Å². The van der Waals surface area contributed by atoms with E-state index >= 15 is 0 Å². The fourth-order valence-electron chi connectivity index (χ4n) is 1.55. The van der Waals surface area contributed by atoms with Gasteiger partial charge in [-0.05, 0) is 24.3 Å². The summed E-state index contributed by atoms with van der Waals surface area (Å²) in [6, 6.07) is 10.0. The standard InChI is InChI=1S/C13H18F2/c1-10(11(2)13(14)15)8-9-12-6-4-3-5-7-12/h3-7,10-11,13H,8-9H2,1-2H3. The predicted molar refractivity (Wildman–Crippen MR) is 59.1 cm³/mol. The quantitative estimate of drug-likeness (QED) is 0.687. The molecule has 0 radical (unpaired) electrons. The number of hydrogen-bond donors (Lipinski definition) is 0. The topological polar surface area (TPSA) is 0 Å². The maximum Gasteiger partial charge on any atom is 0.241 e. The lowest BCUT2D eigenvalue weighted by molar-refractivity contribution is 0.0559. The minimum atomic E-state index is -2.20. The van der Waals surface area contributed by atoms with Crippen LogP contribution in [-0.2, 0) is 6.42 Å². The second kappa shape index (κ2) is 5.84. The van der Waals surface area contributed by atoms with Crippen molar-refractivity contribution in [1.82, 2.24) is 0 Å². The molecule has 15 heavy (non-hydrogen) atoms. The molecule has 0 bridgehead atoms. The van der Waals surface area contributed by atoms with Crippen LogP contribution in [0.4, 0.5) is 8.78 Å². The van der Waals surface area contributed by atoms with E-state index in [0.29, 0.717) is 0 Å². The van der Waals surface area contributed by atoms with Gasteiger partial charge in [-0.1, -0.05) is 44.2 Å². The fraction of sp³-hybridized carbons (Fsp3) is 0.538. The van der Waals surface area contributed by atoms with E-state index in [1.165, 1.54) is 5.56 Å². The van der Waals surface area contributed by atoms with Gasteiger partial charge in [0.05, 0.1) is 0 Å². The summed E-state index contributed by atoms with van der Waals surface area (Å²) in [7, 11) is 0. The van der Waals surface area contributed by atoms with Crippen molar-refractivity contribution in [3.8, 4) is 0 Å². The molecule has 0 saturated heterocycles. The van der Waals surface area contributed by atoms with Crippen LogP contribution in [0, 0.1) is 11.8 Å². The van der Waals surface area contributed by atoms with E-state index in [9.17, 15) is 8.78 Å². The van der Waals surface area contributed by atoms with Gasteiger partial charge in [-0.2, -0.15) is 0 Å². The summed E-state index contributed by atoms with van der Waals surface area (Å²) in [6.45, 7) is 3.53. The molecule has 0 saturated carbocycles. The van der Waals surface area contributed by atoms with Gasteiger partial charge >= 0.3 is 0 Å². The Morgan fingerprint density at radius 1 is 1.07 bits per heavy atom. The highest BCUT2D eigenvalue weighted by molar-refractivity contribution is 5.14. The Kier molecular flexibility index (Phi) is 4.73. The van der Waals surface area contributed by atoms with Gasteiger partial charge in [0.1, 0.15) is 0 Å². The van der Waals surface area contributed by atoms with Crippen molar-refractivity contribution in [2.75, 3.05) is 0 Å². The molecule has 2 atom stereocenters. The first-order valence-corrected chi connectivity index (χ1v) is 5.43. The fourth-order valence-corrected chi connectivity index (χ4v) is 1.55. The molecule has 0 nitrogen and oxygen atoms in total. The van der Waals surface area contributed by atoms with Crippen molar-refractivity contribution in [1.29, 1.82) is 0 Å². The molecule has 1 rings (SSSR count). The van der Waals surface area contributed by atoms with Crippen LogP contribution < -0.4 is 0 Å². The molecule has 0 amide bonds. The van der Waals surface area contributed by atoms with Crippen molar-refractivity contribution < 1.29 is 8.78 Å². The van der Waals surface area contributed by atoms with E-state index in [0.717, 1.165) is 12.8 Å². The highest BCUT2D eigenvalue weighted by Gasteiger charge is 2.21. The van der Waals surface area contributed by atoms with Gasteiger partial charge in [-0.25, -0.2) is 8.78 Å². The number of rotatable bonds is 5. The molecule has 0 aliphatic heterocycles. The number of hydrogen-bond acceptors (Lipinski definition) is 0. The van der Waals surface area contributed by atoms with Crippen molar-refractivity contribution in [3.05, 3.63) is 35.9 Å². The second-order valence-electron chi connectivity index (χ2n) is 4.20. The molecule has 84 valence electrons. The molecule has 2 unspecified atom stereocenters. The second-order valence-corrected chi connectivity index (χ2v) is 4.20. The lowest BCUT2D eigenvalue weighted by atomic mass is 9.90. The van der Waals surface area contributed by atoms with E-state index < -0.39 is 12.3 Å². The zero-order chi connectivity index (χ0) is 11.3. The predicted octanol–water partition coefficient (Wildman–Crippen LogP) is 4.16. The third kappa shape index (κ3) is 3.98. The normalized spacial score (nSPS) is 15.3. The minimum absolute atomic E-state index is 0.0743. The van der Waals surface area contributed by atoms with Gasteiger partial charge in [0.15, 0.2) is 0 Å². The SMILES string of the molecule is CC(CCc1ccccc1)C(C)C(F)F. The Bertz CT molecular complexity index is 269. The molecule has 0 heterocycles. The van der Waals surface area contributed by atoms with Crippen molar-refractivity contribution in [3.63, 3.8) is 0 Å². The summed E-state index contributed by atoms with van der Waals surface area (Å²) >= 11 is 0. The molecule has 0 spiro atoms. The average Bonchev–Trinajstić information content (AvgIpc) is 2.26. The minimum Gasteiger partial charge on any atom is -0.210 e. The largest absolute Gasteiger partial charge is 0.241 e. The zero-order valence-electron chi connectivity index (χ0n) is 9.29. The Hall–Kier alpha value is -0.920. The van der Waals surface area contributed by atoms with Crippen LogP contribution in [-0.4, -0.2) is 6.43 Å². The van der Waals surface area contributed by atoms with E-state index in [1.54, 1.807) is 6.92 Å². The van der Waals surface area contributed by atoms with Crippen LogP contribution in [0.25, 0.3) is 0 Å². The molecular weight excluding hydrogens is 194 g/mol. The third-order valence-corrected chi connectivity index (χ3v) is 3.03. The molecule has 0 aromatic heterocycles. The first-order chi connectivity index (χ1) is 7.11. The van der Waals surface area contributed by atoms with Crippen molar-refractivity contribution in [2.45, 2.75) is 33.1 Å². The van der Waals surface area contributed by atoms with Crippen molar-refractivity contribution >= 4 is 0 Å². The molecule has 0 aliphatic carbocycles. The molecular formula is C13H18F2. The van der Waals surface area contributed by atoms with Crippen molar-refractivity contribution in [2.24, 2.45) is 11.8 Å². The zero-order valence-corrected chi connectivity index (χ0v) is 9.29. The summed E-state index contributed by atoms with van der Waals surface area (Å²) < 4.78 is 24.8. The number of alkyl halides is 2. The van der Waals surface area contributed by atoms with E-state index in [-0.39, 0.29) is 5.92 Å². The van der Waals surface area contributed by atoms with Gasteiger partial charge in [0.2, 0.25) is 6.43 Å². The number of benzene rings is 1.